The molecule has 1 atom stereocenters. The zero-order chi connectivity index (χ0) is 19.4. The second kappa shape index (κ2) is 6.07. The smallest absolute Gasteiger partial charge is 0.297 e. The minimum Gasteiger partial charge on any atom is -0.450 e. The van der Waals surface area contributed by atoms with E-state index < -0.39 is 17.8 Å². The van der Waals surface area contributed by atoms with Crippen molar-refractivity contribution < 1.29 is 13.6 Å². The number of aromatic nitrogens is 2. The van der Waals surface area contributed by atoms with Crippen LogP contribution in [0.5, 0.6) is 0 Å². The summed E-state index contributed by atoms with van der Waals surface area (Å²) in [5.41, 5.74) is 2.63. The van der Waals surface area contributed by atoms with Crippen molar-refractivity contribution in [3.63, 3.8) is 0 Å². The number of amides is 1. The zero-order valence-electron chi connectivity index (χ0n) is 14.5. The SMILES string of the molecule is Cc1ccc2oc3c(c(=O)c2c1)C(c1ccccc1F)N(c1nncs1)C3=O. The van der Waals surface area contributed by atoms with Crippen LogP contribution in [0.4, 0.5) is 9.52 Å². The molecule has 2 aromatic heterocycles. The van der Waals surface area contributed by atoms with Crippen LogP contribution in [0.15, 0.2) is 57.2 Å². The lowest BCUT2D eigenvalue weighted by molar-refractivity contribution is 0.0970. The van der Waals surface area contributed by atoms with Crippen LogP contribution < -0.4 is 10.3 Å². The van der Waals surface area contributed by atoms with E-state index in [0.717, 1.165) is 16.9 Å². The molecule has 0 aliphatic carbocycles. The monoisotopic (exact) mass is 393 g/mol. The van der Waals surface area contributed by atoms with Gasteiger partial charge in [0.15, 0.2) is 5.43 Å². The Balaban J connectivity index is 1.87. The fraction of sp³-hybridized carbons (Fsp3) is 0.100. The molecular weight excluding hydrogens is 381 g/mol. The first-order valence-corrected chi connectivity index (χ1v) is 9.35. The van der Waals surface area contributed by atoms with Gasteiger partial charge in [0.25, 0.3) is 5.91 Å². The Morgan fingerprint density at radius 1 is 1.18 bits per heavy atom. The molecule has 0 saturated carbocycles. The highest BCUT2D eigenvalue weighted by Crippen LogP contribution is 2.42. The molecule has 0 bridgehead atoms. The number of fused-ring (bicyclic) bond motifs is 2. The minimum absolute atomic E-state index is 0.0928. The van der Waals surface area contributed by atoms with E-state index in [9.17, 15) is 14.0 Å². The summed E-state index contributed by atoms with van der Waals surface area (Å²) in [4.78, 5) is 27.8. The van der Waals surface area contributed by atoms with E-state index in [1.165, 1.54) is 16.5 Å². The highest BCUT2D eigenvalue weighted by atomic mass is 32.1. The number of hydrogen-bond donors (Lipinski definition) is 0. The molecule has 0 fully saturated rings. The lowest BCUT2D eigenvalue weighted by atomic mass is 9.98. The fourth-order valence-electron chi connectivity index (χ4n) is 3.55. The van der Waals surface area contributed by atoms with Crippen LogP contribution in [0.3, 0.4) is 0 Å². The van der Waals surface area contributed by atoms with E-state index >= 15 is 0 Å². The van der Waals surface area contributed by atoms with Gasteiger partial charge in [-0.2, -0.15) is 0 Å². The molecule has 0 spiro atoms. The van der Waals surface area contributed by atoms with Crippen LogP contribution in [-0.2, 0) is 0 Å². The van der Waals surface area contributed by atoms with Gasteiger partial charge in [0.2, 0.25) is 10.9 Å². The number of anilines is 1. The standard InChI is InChI=1S/C20H12FN3O3S/c1-10-6-7-14-12(8-10)17(25)15-16(11-4-2-3-5-13(11)21)24(19(26)18(15)27-14)20-23-22-9-28-20/h2-9,16H,1H3. The van der Waals surface area contributed by atoms with E-state index in [1.54, 1.807) is 36.4 Å². The highest BCUT2D eigenvalue weighted by molar-refractivity contribution is 7.13. The lowest BCUT2D eigenvalue weighted by Gasteiger charge is -2.22. The zero-order valence-corrected chi connectivity index (χ0v) is 15.4. The molecule has 6 nitrogen and oxygen atoms in total. The Hall–Kier alpha value is -3.39. The predicted octanol–water partition coefficient (Wildman–Crippen LogP) is 3.84. The number of carbonyl (C=O) groups excluding carboxylic acids is 1. The Morgan fingerprint density at radius 3 is 2.75 bits per heavy atom. The van der Waals surface area contributed by atoms with Gasteiger partial charge in [-0.1, -0.05) is 41.2 Å². The maximum atomic E-state index is 14.7. The van der Waals surface area contributed by atoms with Crippen LogP contribution in [0.1, 0.15) is 33.3 Å². The number of hydrogen-bond acceptors (Lipinski definition) is 6. The van der Waals surface area contributed by atoms with Gasteiger partial charge in [-0.3, -0.25) is 14.5 Å². The molecule has 5 rings (SSSR count). The summed E-state index contributed by atoms with van der Waals surface area (Å²) in [5.74, 6) is -1.16. The average Bonchev–Trinajstić information content (AvgIpc) is 3.30. The molecule has 28 heavy (non-hydrogen) atoms. The summed E-state index contributed by atoms with van der Waals surface area (Å²) >= 11 is 1.13. The summed E-state index contributed by atoms with van der Waals surface area (Å²) < 4.78 is 20.5. The summed E-state index contributed by atoms with van der Waals surface area (Å²) in [7, 11) is 0. The molecule has 0 saturated heterocycles. The van der Waals surface area contributed by atoms with E-state index in [4.69, 9.17) is 4.42 Å². The highest BCUT2D eigenvalue weighted by Gasteiger charge is 2.45. The van der Waals surface area contributed by atoms with Gasteiger partial charge in [-0.15, -0.1) is 10.2 Å². The molecule has 1 aliphatic rings. The molecule has 4 aromatic rings. The average molecular weight is 393 g/mol. The Bertz CT molecular complexity index is 1300. The lowest BCUT2D eigenvalue weighted by Crippen LogP contribution is -2.30. The third kappa shape index (κ3) is 2.31. The summed E-state index contributed by atoms with van der Waals surface area (Å²) in [5, 5.41) is 8.36. The largest absolute Gasteiger partial charge is 0.450 e. The maximum absolute atomic E-state index is 14.7. The first-order valence-electron chi connectivity index (χ1n) is 8.48. The van der Waals surface area contributed by atoms with Gasteiger partial charge in [0.1, 0.15) is 23.0 Å². The third-order valence-electron chi connectivity index (χ3n) is 4.78. The summed E-state index contributed by atoms with van der Waals surface area (Å²) in [6.45, 7) is 1.86. The first kappa shape index (κ1) is 16.8. The van der Waals surface area contributed by atoms with E-state index in [-0.39, 0.29) is 27.4 Å². The molecule has 0 radical (unpaired) electrons. The Labute approximate surface area is 161 Å². The van der Waals surface area contributed by atoms with Crippen molar-refractivity contribution >= 4 is 33.3 Å². The molecule has 8 heteroatoms. The number of rotatable bonds is 2. The van der Waals surface area contributed by atoms with Gasteiger partial charge < -0.3 is 4.42 Å². The summed E-state index contributed by atoms with van der Waals surface area (Å²) in [6.07, 6.45) is 0. The normalized spacial score (nSPS) is 16.0. The van der Waals surface area contributed by atoms with Crippen LogP contribution in [0.2, 0.25) is 0 Å². The quantitative estimate of drug-likeness (QED) is 0.517. The van der Waals surface area contributed by atoms with Crippen molar-refractivity contribution in [3.8, 4) is 0 Å². The van der Waals surface area contributed by atoms with Crippen LogP contribution in [0.25, 0.3) is 11.0 Å². The number of halogens is 1. The van der Waals surface area contributed by atoms with Crippen LogP contribution in [0, 0.1) is 12.7 Å². The van der Waals surface area contributed by atoms with Crippen molar-refractivity contribution in [1.29, 1.82) is 0 Å². The number of benzene rings is 2. The van der Waals surface area contributed by atoms with E-state index in [0.29, 0.717) is 11.0 Å². The molecular formula is C20H12FN3O3S. The van der Waals surface area contributed by atoms with Crippen molar-refractivity contribution in [2.24, 2.45) is 0 Å². The number of nitrogens with zero attached hydrogens (tertiary/aromatic N) is 3. The molecule has 1 amide bonds. The van der Waals surface area contributed by atoms with Crippen LogP contribution >= 0.6 is 11.3 Å². The molecule has 1 unspecified atom stereocenters. The van der Waals surface area contributed by atoms with E-state index in [2.05, 4.69) is 10.2 Å². The Morgan fingerprint density at radius 2 is 2.00 bits per heavy atom. The second-order valence-corrected chi connectivity index (χ2v) is 7.31. The second-order valence-electron chi connectivity index (χ2n) is 6.49. The van der Waals surface area contributed by atoms with Gasteiger partial charge in [0, 0.05) is 5.56 Å². The van der Waals surface area contributed by atoms with Crippen LogP contribution in [-0.4, -0.2) is 16.1 Å². The maximum Gasteiger partial charge on any atom is 0.297 e. The molecule has 0 N–H and O–H groups in total. The number of carbonyl (C=O) groups is 1. The molecule has 138 valence electrons. The molecule has 2 aromatic carbocycles. The van der Waals surface area contributed by atoms with Crippen molar-refractivity contribution in [2.75, 3.05) is 4.90 Å². The van der Waals surface area contributed by atoms with Gasteiger partial charge in [-0.25, -0.2) is 4.39 Å². The van der Waals surface area contributed by atoms with E-state index in [1.807, 2.05) is 6.92 Å². The van der Waals surface area contributed by atoms with Crippen molar-refractivity contribution in [2.45, 2.75) is 13.0 Å². The first-order chi connectivity index (χ1) is 13.6. The minimum atomic E-state index is -0.974. The third-order valence-corrected chi connectivity index (χ3v) is 5.47. The Kier molecular flexibility index (Phi) is 3.63. The van der Waals surface area contributed by atoms with Crippen molar-refractivity contribution in [3.05, 3.63) is 86.5 Å². The summed E-state index contributed by atoms with van der Waals surface area (Å²) in [6, 6.07) is 10.2. The van der Waals surface area contributed by atoms with Gasteiger partial charge >= 0.3 is 0 Å². The molecule has 1 aliphatic heterocycles. The topological polar surface area (TPSA) is 76.3 Å². The van der Waals surface area contributed by atoms with Gasteiger partial charge in [-0.05, 0) is 25.1 Å². The molecule has 3 heterocycles. The van der Waals surface area contributed by atoms with Gasteiger partial charge in [0.05, 0.1) is 10.9 Å². The van der Waals surface area contributed by atoms with Crippen molar-refractivity contribution in [1.82, 2.24) is 10.2 Å². The fourth-order valence-corrected chi connectivity index (χ4v) is 4.13. The predicted molar refractivity (Wildman–Crippen MR) is 102 cm³/mol. The number of aryl methyl sites for hydroxylation is 1.